The highest BCUT2D eigenvalue weighted by atomic mass is 35.5. The summed E-state index contributed by atoms with van der Waals surface area (Å²) in [5, 5.41) is 0.507. The fourth-order valence-corrected chi connectivity index (χ4v) is 5.16. The highest BCUT2D eigenvalue weighted by Gasteiger charge is 2.33. The molecule has 166 valence electrons. The van der Waals surface area contributed by atoms with Crippen LogP contribution in [0.4, 0.5) is 8.78 Å². The van der Waals surface area contributed by atoms with Crippen LogP contribution in [0.15, 0.2) is 41.3 Å². The molecule has 11 heteroatoms. The Labute approximate surface area is 187 Å². The maximum Gasteiger partial charge on any atom is 0.309 e. The van der Waals surface area contributed by atoms with Crippen molar-refractivity contribution in [3.63, 3.8) is 0 Å². The van der Waals surface area contributed by atoms with E-state index in [1.807, 2.05) is 0 Å². The SMILES string of the molecule is O=C(COC(=O)C1CCN(S(=O)(=O)c2ccc(F)c(F)c2)CC1)c1ccc(Cl)cc1Cl. The van der Waals surface area contributed by atoms with Crippen LogP contribution in [-0.2, 0) is 19.6 Å². The molecule has 0 aliphatic carbocycles. The topological polar surface area (TPSA) is 80.8 Å². The fourth-order valence-electron chi connectivity index (χ4n) is 3.17. The molecular weight excluding hydrogens is 475 g/mol. The maximum absolute atomic E-state index is 13.4. The van der Waals surface area contributed by atoms with Gasteiger partial charge >= 0.3 is 5.97 Å². The molecule has 0 bridgehead atoms. The van der Waals surface area contributed by atoms with Gasteiger partial charge in [-0.15, -0.1) is 0 Å². The van der Waals surface area contributed by atoms with Gasteiger partial charge in [0.05, 0.1) is 15.8 Å². The summed E-state index contributed by atoms with van der Waals surface area (Å²) in [4.78, 5) is 24.1. The molecule has 1 fully saturated rings. The summed E-state index contributed by atoms with van der Waals surface area (Å²) in [6.07, 6.45) is 0.329. The monoisotopic (exact) mass is 491 g/mol. The molecule has 0 amide bonds. The van der Waals surface area contributed by atoms with E-state index in [4.69, 9.17) is 27.9 Å². The van der Waals surface area contributed by atoms with E-state index in [1.54, 1.807) is 0 Å². The van der Waals surface area contributed by atoms with Crippen molar-refractivity contribution in [3.8, 4) is 0 Å². The Bertz CT molecular complexity index is 1120. The van der Waals surface area contributed by atoms with E-state index in [0.29, 0.717) is 11.1 Å². The zero-order valence-electron chi connectivity index (χ0n) is 16.0. The number of piperidine rings is 1. The van der Waals surface area contributed by atoms with Crippen LogP contribution in [0.2, 0.25) is 10.0 Å². The van der Waals surface area contributed by atoms with Gasteiger partial charge in [0, 0.05) is 23.7 Å². The van der Waals surface area contributed by atoms with Gasteiger partial charge in [-0.05, 0) is 49.2 Å². The van der Waals surface area contributed by atoms with Gasteiger partial charge in [-0.2, -0.15) is 4.31 Å². The van der Waals surface area contributed by atoms with Crippen LogP contribution >= 0.6 is 23.2 Å². The highest BCUT2D eigenvalue weighted by molar-refractivity contribution is 7.89. The lowest BCUT2D eigenvalue weighted by Crippen LogP contribution is -2.40. The van der Waals surface area contributed by atoms with Gasteiger partial charge in [-0.1, -0.05) is 23.2 Å². The number of Topliss-reactive ketones (excluding diaryl/α,β-unsaturated/α-hetero) is 1. The number of ether oxygens (including phenoxy) is 1. The molecule has 2 aromatic carbocycles. The van der Waals surface area contributed by atoms with Crippen LogP contribution in [0, 0.1) is 17.6 Å². The first kappa shape index (κ1) is 23.6. The molecule has 1 saturated heterocycles. The number of nitrogens with zero attached hydrogens (tertiary/aromatic N) is 1. The first-order valence-corrected chi connectivity index (χ1v) is 11.4. The molecular formula is C20H17Cl2F2NO5S. The summed E-state index contributed by atoms with van der Waals surface area (Å²) in [6, 6.07) is 6.69. The molecule has 1 heterocycles. The van der Waals surface area contributed by atoms with E-state index < -0.39 is 45.9 Å². The smallest absolute Gasteiger partial charge is 0.309 e. The van der Waals surface area contributed by atoms with Crippen molar-refractivity contribution in [2.45, 2.75) is 17.7 Å². The predicted molar refractivity (Wildman–Crippen MR) is 110 cm³/mol. The lowest BCUT2D eigenvalue weighted by molar-refractivity contribution is -0.148. The summed E-state index contributed by atoms with van der Waals surface area (Å²) in [5.41, 5.74) is 0.173. The van der Waals surface area contributed by atoms with Crippen LogP contribution in [0.1, 0.15) is 23.2 Å². The number of esters is 1. The van der Waals surface area contributed by atoms with Crippen molar-refractivity contribution in [2.24, 2.45) is 5.92 Å². The average Bonchev–Trinajstić information content (AvgIpc) is 2.73. The number of sulfonamides is 1. The minimum atomic E-state index is -4.03. The normalized spacial score (nSPS) is 15.6. The Morgan fingerprint density at radius 1 is 1.03 bits per heavy atom. The second kappa shape index (κ2) is 9.60. The third-order valence-electron chi connectivity index (χ3n) is 4.89. The molecule has 0 atom stereocenters. The van der Waals surface area contributed by atoms with E-state index >= 15 is 0 Å². The Balaban J connectivity index is 1.55. The summed E-state index contributed by atoms with van der Waals surface area (Å²) in [5.74, 6) is -4.11. The number of carbonyl (C=O) groups is 2. The van der Waals surface area contributed by atoms with Crippen molar-refractivity contribution < 1.29 is 31.5 Å². The third-order valence-corrected chi connectivity index (χ3v) is 7.34. The molecule has 6 nitrogen and oxygen atoms in total. The van der Waals surface area contributed by atoms with E-state index in [1.165, 1.54) is 18.2 Å². The number of carbonyl (C=O) groups excluding carboxylic acids is 2. The second-order valence-electron chi connectivity index (χ2n) is 6.91. The van der Waals surface area contributed by atoms with Crippen molar-refractivity contribution in [1.82, 2.24) is 4.31 Å². The number of hydrogen-bond acceptors (Lipinski definition) is 5. The van der Waals surface area contributed by atoms with Gasteiger partial charge in [0.25, 0.3) is 0 Å². The molecule has 31 heavy (non-hydrogen) atoms. The minimum absolute atomic E-state index is 0.00193. The zero-order chi connectivity index (χ0) is 22.8. The Morgan fingerprint density at radius 2 is 1.71 bits per heavy atom. The van der Waals surface area contributed by atoms with Gasteiger partial charge in [-0.25, -0.2) is 17.2 Å². The van der Waals surface area contributed by atoms with Gasteiger partial charge in [0.2, 0.25) is 15.8 Å². The first-order valence-electron chi connectivity index (χ1n) is 9.19. The zero-order valence-corrected chi connectivity index (χ0v) is 18.3. The maximum atomic E-state index is 13.4. The molecule has 3 rings (SSSR count). The number of rotatable bonds is 6. The Morgan fingerprint density at radius 3 is 2.32 bits per heavy atom. The van der Waals surface area contributed by atoms with Gasteiger partial charge < -0.3 is 4.74 Å². The quantitative estimate of drug-likeness (QED) is 0.448. The van der Waals surface area contributed by atoms with Crippen LogP contribution in [0.25, 0.3) is 0 Å². The van der Waals surface area contributed by atoms with Crippen molar-refractivity contribution in [3.05, 3.63) is 63.6 Å². The number of halogens is 4. The fraction of sp³-hybridized carbons (Fsp3) is 0.300. The Kier molecular flexibility index (Phi) is 7.31. The predicted octanol–water partition coefficient (Wildman–Crippen LogP) is 4.10. The summed E-state index contributed by atoms with van der Waals surface area (Å²) < 4.78 is 57.9. The lowest BCUT2D eigenvalue weighted by Gasteiger charge is -2.30. The van der Waals surface area contributed by atoms with Crippen molar-refractivity contribution in [2.75, 3.05) is 19.7 Å². The van der Waals surface area contributed by atoms with E-state index in [9.17, 15) is 26.8 Å². The second-order valence-corrected chi connectivity index (χ2v) is 9.69. The third kappa shape index (κ3) is 5.41. The standard InChI is InChI=1S/C20H17Cl2F2NO5S/c21-13-1-3-15(16(22)9-13)19(26)11-30-20(27)12-5-7-25(8-6-12)31(28,29)14-2-4-17(23)18(24)10-14/h1-4,9-10,12H,5-8,11H2. The Hall–Kier alpha value is -2.07. The highest BCUT2D eigenvalue weighted by Crippen LogP contribution is 2.26. The van der Waals surface area contributed by atoms with Crippen molar-refractivity contribution in [1.29, 1.82) is 0 Å². The minimum Gasteiger partial charge on any atom is -0.457 e. The van der Waals surface area contributed by atoms with E-state index in [-0.39, 0.29) is 41.4 Å². The molecule has 0 unspecified atom stereocenters. The van der Waals surface area contributed by atoms with Crippen LogP contribution in [0.5, 0.6) is 0 Å². The van der Waals surface area contributed by atoms with E-state index in [2.05, 4.69) is 0 Å². The summed E-state index contributed by atoms with van der Waals surface area (Å²) in [6.45, 7) is -0.510. The van der Waals surface area contributed by atoms with Crippen molar-refractivity contribution >= 4 is 45.0 Å². The largest absolute Gasteiger partial charge is 0.457 e. The molecule has 0 aromatic heterocycles. The summed E-state index contributed by atoms with van der Waals surface area (Å²) in [7, 11) is -4.03. The summed E-state index contributed by atoms with van der Waals surface area (Å²) >= 11 is 11.7. The molecule has 0 spiro atoms. The number of hydrogen-bond donors (Lipinski definition) is 0. The number of benzene rings is 2. The van der Waals surface area contributed by atoms with Crippen LogP contribution in [0.3, 0.4) is 0 Å². The molecule has 0 N–H and O–H groups in total. The van der Waals surface area contributed by atoms with Gasteiger partial charge in [-0.3, -0.25) is 9.59 Å². The molecule has 0 saturated carbocycles. The average molecular weight is 492 g/mol. The molecule has 1 aliphatic heterocycles. The van der Waals surface area contributed by atoms with Crippen LogP contribution in [-0.4, -0.2) is 44.2 Å². The first-order chi connectivity index (χ1) is 14.6. The number of ketones is 1. The molecule has 2 aromatic rings. The molecule has 1 aliphatic rings. The van der Waals surface area contributed by atoms with Gasteiger partial charge in [0.15, 0.2) is 18.2 Å². The van der Waals surface area contributed by atoms with Crippen LogP contribution < -0.4 is 0 Å². The molecule has 0 radical (unpaired) electrons. The van der Waals surface area contributed by atoms with E-state index in [0.717, 1.165) is 16.4 Å². The van der Waals surface area contributed by atoms with Gasteiger partial charge in [0.1, 0.15) is 0 Å². The lowest BCUT2D eigenvalue weighted by atomic mass is 9.98.